The van der Waals surface area contributed by atoms with Gasteiger partial charge in [0.15, 0.2) is 0 Å². The molecule has 1 aromatic heterocycles. The van der Waals surface area contributed by atoms with Gasteiger partial charge in [0.05, 0.1) is 12.2 Å². The van der Waals surface area contributed by atoms with Gasteiger partial charge in [-0.1, -0.05) is 41.5 Å². The predicted molar refractivity (Wildman–Crippen MR) is 108 cm³/mol. The minimum atomic E-state index is -0.315. The number of anilines is 1. The molecule has 26 heavy (non-hydrogen) atoms. The largest absolute Gasteiger partial charge is 0.462 e. The number of carbonyl (C=O) groups excluding carboxylic acids is 2. The molecule has 1 aromatic rings. The summed E-state index contributed by atoms with van der Waals surface area (Å²) in [4.78, 5) is 26.2. The van der Waals surface area contributed by atoms with Crippen molar-refractivity contribution in [2.24, 2.45) is 16.7 Å². The first-order valence-electron chi connectivity index (χ1n) is 9.54. The van der Waals surface area contributed by atoms with Crippen LogP contribution in [0.5, 0.6) is 0 Å². The van der Waals surface area contributed by atoms with Crippen molar-refractivity contribution >= 4 is 28.2 Å². The van der Waals surface area contributed by atoms with Gasteiger partial charge in [-0.3, -0.25) is 4.79 Å². The first kappa shape index (κ1) is 20.9. The molecule has 0 saturated heterocycles. The van der Waals surface area contributed by atoms with E-state index in [2.05, 4.69) is 26.1 Å². The van der Waals surface area contributed by atoms with Crippen LogP contribution in [-0.4, -0.2) is 18.5 Å². The van der Waals surface area contributed by atoms with E-state index in [9.17, 15) is 9.59 Å². The molecule has 1 heterocycles. The molecular weight excluding hydrogens is 346 g/mol. The van der Waals surface area contributed by atoms with Crippen molar-refractivity contribution in [1.82, 2.24) is 0 Å². The maximum atomic E-state index is 12.6. The Hall–Kier alpha value is -1.36. The second-order valence-corrected chi connectivity index (χ2v) is 10.6. The van der Waals surface area contributed by atoms with Crippen molar-refractivity contribution in [1.29, 1.82) is 0 Å². The SMILES string of the molecule is CCOC(=O)c1c(NC(=O)CC(C)(C)C)sc2c1CCC(C(C)(C)C)C2. The first-order chi connectivity index (χ1) is 11.9. The Labute approximate surface area is 161 Å². The minimum Gasteiger partial charge on any atom is -0.462 e. The topological polar surface area (TPSA) is 55.4 Å². The number of ether oxygens (including phenoxy) is 1. The molecule has 0 saturated carbocycles. The second kappa shape index (κ2) is 7.71. The third kappa shape index (κ3) is 5.09. The number of nitrogens with one attached hydrogen (secondary N) is 1. The van der Waals surface area contributed by atoms with E-state index in [0.717, 1.165) is 24.8 Å². The summed E-state index contributed by atoms with van der Waals surface area (Å²) in [5.74, 6) is 0.223. The molecule has 1 amide bonds. The van der Waals surface area contributed by atoms with Crippen molar-refractivity contribution < 1.29 is 14.3 Å². The molecule has 4 nitrogen and oxygen atoms in total. The summed E-state index contributed by atoms with van der Waals surface area (Å²) in [5.41, 5.74) is 1.81. The lowest BCUT2D eigenvalue weighted by atomic mass is 9.72. The highest BCUT2D eigenvalue weighted by Gasteiger charge is 2.34. The second-order valence-electron chi connectivity index (χ2n) is 9.52. The zero-order valence-electron chi connectivity index (χ0n) is 17.2. The zero-order valence-corrected chi connectivity index (χ0v) is 18.1. The summed E-state index contributed by atoms with van der Waals surface area (Å²) in [6.07, 6.45) is 3.32. The van der Waals surface area contributed by atoms with Crippen LogP contribution in [0.1, 0.15) is 82.1 Å². The first-order valence-corrected chi connectivity index (χ1v) is 10.4. The van der Waals surface area contributed by atoms with Gasteiger partial charge >= 0.3 is 5.97 Å². The van der Waals surface area contributed by atoms with Gasteiger partial charge in [0.25, 0.3) is 0 Å². The van der Waals surface area contributed by atoms with E-state index < -0.39 is 0 Å². The van der Waals surface area contributed by atoms with Crippen LogP contribution in [0.3, 0.4) is 0 Å². The predicted octanol–water partition coefficient (Wildman–Crippen LogP) is 5.45. The van der Waals surface area contributed by atoms with Gasteiger partial charge in [-0.25, -0.2) is 4.79 Å². The normalized spacial score (nSPS) is 17.6. The standard InChI is InChI=1S/C21H33NO3S/c1-8-25-19(24)17-14-10-9-13(21(5,6)7)11-15(14)26-18(17)22-16(23)12-20(2,3)4/h13H,8-12H2,1-7H3,(H,22,23). The molecule has 0 aliphatic heterocycles. The molecule has 2 rings (SSSR count). The summed E-state index contributed by atoms with van der Waals surface area (Å²) >= 11 is 1.56. The number of hydrogen-bond donors (Lipinski definition) is 1. The smallest absolute Gasteiger partial charge is 0.341 e. The number of thiophene rings is 1. The van der Waals surface area contributed by atoms with Crippen LogP contribution < -0.4 is 5.32 Å². The fourth-order valence-electron chi connectivity index (χ4n) is 3.48. The molecule has 1 N–H and O–H groups in total. The van der Waals surface area contributed by atoms with E-state index in [1.54, 1.807) is 11.3 Å². The van der Waals surface area contributed by atoms with E-state index >= 15 is 0 Å². The van der Waals surface area contributed by atoms with Gasteiger partial charge < -0.3 is 10.1 Å². The average Bonchev–Trinajstić information content (AvgIpc) is 2.81. The van der Waals surface area contributed by atoms with Crippen molar-refractivity contribution in [2.45, 2.75) is 74.1 Å². The maximum absolute atomic E-state index is 12.6. The van der Waals surface area contributed by atoms with Gasteiger partial charge in [0, 0.05) is 11.3 Å². The monoisotopic (exact) mass is 379 g/mol. The summed E-state index contributed by atoms with van der Waals surface area (Å²) in [7, 11) is 0. The van der Waals surface area contributed by atoms with Crippen LogP contribution in [0.15, 0.2) is 0 Å². The van der Waals surface area contributed by atoms with Crippen LogP contribution in [0, 0.1) is 16.7 Å². The Morgan fingerprint density at radius 1 is 1.19 bits per heavy atom. The molecule has 0 fully saturated rings. The summed E-state index contributed by atoms with van der Waals surface area (Å²) in [5, 5.41) is 3.66. The molecule has 1 atom stereocenters. The van der Waals surface area contributed by atoms with E-state index in [0.29, 0.717) is 29.5 Å². The minimum absolute atomic E-state index is 0.0472. The molecule has 1 aliphatic carbocycles. The summed E-state index contributed by atoms with van der Waals surface area (Å²) < 4.78 is 5.29. The lowest BCUT2D eigenvalue weighted by molar-refractivity contribution is -0.117. The Bertz CT molecular complexity index is 677. The van der Waals surface area contributed by atoms with Crippen molar-refractivity contribution in [2.75, 3.05) is 11.9 Å². The zero-order chi connectivity index (χ0) is 19.7. The Kier molecular flexibility index (Phi) is 6.21. The highest BCUT2D eigenvalue weighted by Crippen LogP contribution is 2.44. The number of esters is 1. The van der Waals surface area contributed by atoms with Gasteiger partial charge in [-0.2, -0.15) is 0 Å². The van der Waals surface area contributed by atoms with Gasteiger partial charge in [0.2, 0.25) is 5.91 Å². The van der Waals surface area contributed by atoms with Crippen LogP contribution in [-0.2, 0) is 22.4 Å². The van der Waals surface area contributed by atoms with E-state index in [4.69, 9.17) is 4.74 Å². The number of fused-ring (bicyclic) bond motifs is 1. The molecule has 146 valence electrons. The third-order valence-electron chi connectivity index (χ3n) is 4.91. The van der Waals surface area contributed by atoms with Crippen LogP contribution in [0.4, 0.5) is 5.00 Å². The number of carbonyl (C=O) groups is 2. The lowest BCUT2D eigenvalue weighted by Gasteiger charge is -2.33. The number of rotatable bonds is 4. The Morgan fingerprint density at radius 2 is 1.85 bits per heavy atom. The van der Waals surface area contributed by atoms with E-state index in [1.807, 2.05) is 27.7 Å². The summed E-state index contributed by atoms with van der Waals surface area (Å²) in [6, 6.07) is 0. The number of hydrogen-bond acceptors (Lipinski definition) is 4. The van der Waals surface area contributed by atoms with Crippen molar-refractivity contribution in [3.63, 3.8) is 0 Å². The molecule has 0 spiro atoms. The van der Waals surface area contributed by atoms with Crippen molar-refractivity contribution in [3.05, 3.63) is 16.0 Å². The molecule has 5 heteroatoms. The van der Waals surface area contributed by atoms with Crippen LogP contribution in [0.25, 0.3) is 0 Å². The van der Waals surface area contributed by atoms with E-state index in [1.165, 1.54) is 4.88 Å². The van der Waals surface area contributed by atoms with Crippen LogP contribution in [0.2, 0.25) is 0 Å². The highest BCUT2D eigenvalue weighted by molar-refractivity contribution is 7.17. The lowest BCUT2D eigenvalue weighted by Crippen LogP contribution is -2.26. The Morgan fingerprint density at radius 3 is 2.38 bits per heavy atom. The maximum Gasteiger partial charge on any atom is 0.341 e. The van der Waals surface area contributed by atoms with Gasteiger partial charge in [0.1, 0.15) is 5.00 Å². The Balaban J connectivity index is 2.34. The quantitative estimate of drug-likeness (QED) is 0.708. The molecule has 0 bridgehead atoms. The fraction of sp³-hybridized carbons (Fsp3) is 0.714. The fourth-order valence-corrected chi connectivity index (χ4v) is 4.82. The third-order valence-corrected chi connectivity index (χ3v) is 6.08. The molecule has 1 unspecified atom stereocenters. The van der Waals surface area contributed by atoms with Gasteiger partial charge in [-0.15, -0.1) is 11.3 Å². The van der Waals surface area contributed by atoms with Crippen LogP contribution >= 0.6 is 11.3 Å². The molecule has 0 aromatic carbocycles. The number of amides is 1. The molecule has 1 aliphatic rings. The molecular formula is C21H33NO3S. The van der Waals surface area contributed by atoms with Gasteiger partial charge in [-0.05, 0) is 48.5 Å². The highest BCUT2D eigenvalue weighted by atomic mass is 32.1. The van der Waals surface area contributed by atoms with E-state index in [-0.39, 0.29) is 22.7 Å². The summed E-state index contributed by atoms with van der Waals surface area (Å²) in [6.45, 7) is 15.1. The molecule has 0 radical (unpaired) electrons. The van der Waals surface area contributed by atoms with Crippen molar-refractivity contribution in [3.8, 4) is 0 Å². The average molecular weight is 380 g/mol.